The average Bonchev–Trinajstić information content (AvgIpc) is 2.86. The van der Waals surface area contributed by atoms with Gasteiger partial charge in [0.15, 0.2) is 12.3 Å². The molecule has 2 N–H and O–H groups in total. The van der Waals surface area contributed by atoms with Crippen molar-refractivity contribution in [3.8, 4) is 5.75 Å². The lowest BCUT2D eigenvalue weighted by Gasteiger charge is -2.28. The Balaban J connectivity index is 1.49. The fraction of sp³-hybridized carbons (Fsp3) is 0.292. The molecule has 0 aliphatic carbocycles. The fourth-order valence-electron chi connectivity index (χ4n) is 3.76. The monoisotopic (exact) mass is 463 g/mol. The Morgan fingerprint density at radius 1 is 1.00 bits per heavy atom. The van der Waals surface area contributed by atoms with Crippen molar-refractivity contribution < 1.29 is 19.1 Å². The highest BCUT2D eigenvalue weighted by Gasteiger charge is 2.27. The van der Waals surface area contributed by atoms with Crippen LogP contribution in [0.4, 0.5) is 5.69 Å². The van der Waals surface area contributed by atoms with Gasteiger partial charge in [-0.15, -0.1) is 0 Å². The molecule has 2 heterocycles. The molecule has 4 rings (SSSR count). The van der Waals surface area contributed by atoms with Crippen molar-refractivity contribution >= 4 is 34.2 Å². The zero-order valence-electron chi connectivity index (χ0n) is 18.7. The summed E-state index contributed by atoms with van der Waals surface area (Å²) in [7, 11) is 0. The summed E-state index contributed by atoms with van der Waals surface area (Å²) in [6.45, 7) is 1.97. The van der Waals surface area contributed by atoms with E-state index in [1.54, 1.807) is 48.5 Å². The smallest absolute Gasteiger partial charge is 0.290 e. The van der Waals surface area contributed by atoms with Crippen molar-refractivity contribution in [3.63, 3.8) is 0 Å². The van der Waals surface area contributed by atoms with Gasteiger partial charge in [0.2, 0.25) is 0 Å². The van der Waals surface area contributed by atoms with E-state index in [0.29, 0.717) is 28.8 Å². The van der Waals surface area contributed by atoms with E-state index in [1.807, 2.05) is 0 Å². The number of benzene rings is 2. The molecule has 0 saturated carbocycles. The molecule has 10 heteroatoms. The fourth-order valence-corrected chi connectivity index (χ4v) is 3.76. The van der Waals surface area contributed by atoms with Gasteiger partial charge in [-0.3, -0.25) is 34.9 Å². The molecule has 0 bridgehead atoms. The zero-order valence-corrected chi connectivity index (χ0v) is 18.7. The van der Waals surface area contributed by atoms with E-state index in [4.69, 9.17) is 4.74 Å². The molecular formula is C24H25N5O5. The molecule has 0 fully saturated rings. The third-order valence-electron chi connectivity index (χ3n) is 5.48. The summed E-state index contributed by atoms with van der Waals surface area (Å²) in [6.07, 6.45) is 2.67. The first-order chi connectivity index (χ1) is 16.5. The van der Waals surface area contributed by atoms with Crippen molar-refractivity contribution in [2.24, 2.45) is 0 Å². The summed E-state index contributed by atoms with van der Waals surface area (Å²) in [5.74, 6) is -1.13. The van der Waals surface area contributed by atoms with Gasteiger partial charge in [-0.05, 0) is 24.6 Å². The highest BCUT2D eigenvalue weighted by Crippen LogP contribution is 2.31. The number of aryl methyl sites for hydroxylation is 1. The molecule has 10 nitrogen and oxygen atoms in total. The van der Waals surface area contributed by atoms with Crippen LogP contribution >= 0.6 is 0 Å². The third kappa shape index (κ3) is 4.75. The number of hydrogen-bond acceptors (Lipinski definition) is 6. The van der Waals surface area contributed by atoms with Crippen molar-refractivity contribution in [1.29, 1.82) is 0 Å². The van der Waals surface area contributed by atoms with Gasteiger partial charge in [-0.2, -0.15) is 5.10 Å². The second-order valence-electron chi connectivity index (χ2n) is 7.87. The summed E-state index contributed by atoms with van der Waals surface area (Å²) in [5, 5.41) is 5.04. The minimum atomic E-state index is -0.664. The first-order valence-corrected chi connectivity index (χ1v) is 11.1. The van der Waals surface area contributed by atoms with Gasteiger partial charge in [-0.25, -0.2) is 4.68 Å². The van der Waals surface area contributed by atoms with Crippen LogP contribution < -0.4 is 26.0 Å². The van der Waals surface area contributed by atoms with E-state index in [0.717, 1.165) is 19.3 Å². The Kier molecular flexibility index (Phi) is 6.86. The Bertz CT molecular complexity index is 1300. The van der Waals surface area contributed by atoms with Gasteiger partial charge < -0.3 is 4.74 Å². The molecule has 2 aromatic carbocycles. The number of hydrogen-bond donors (Lipinski definition) is 2. The molecule has 0 unspecified atom stereocenters. The predicted molar refractivity (Wildman–Crippen MR) is 125 cm³/mol. The van der Waals surface area contributed by atoms with Crippen molar-refractivity contribution in [2.75, 3.05) is 18.1 Å². The topological polar surface area (TPSA) is 123 Å². The number of aromatic nitrogens is 2. The van der Waals surface area contributed by atoms with E-state index in [2.05, 4.69) is 22.9 Å². The number of amides is 3. The van der Waals surface area contributed by atoms with E-state index >= 15 is 0 Å². The molecular weight excluding hydrogens is 438 g/mol. The normalized spacial score (nSPS) is 12.7. The summed E-state index contributed by atoms with van der Waals surface area (Å²) in [6, 6.07) is 13.6. The van der Waals surface area contributed by atoms with Crippen LogP contribution in [0.2, 0.25) is 0 Å². The minimum absolute atomic E-state index is 0.0276. The molecule has 1 aromatic heterocycles. The SMILES string of the molecule is CCCCCn1nc(C(=O)NNC(=O)CN2C(=O)COc3ccccc32)c2ccccc2c1=O. The lowest BCUT2D eigenvalue weighted by molar-refractivity contribution is -0.125. The number of nitrogens with zero attached hydrogens (tertiary/aromatic N) is 3. The number of nitrogens with one attached hydrogen (secondary N) is 2. The molecule has 1 aliphatic rings. The van der Waals surface area contributed by atoms with Crippen LogP contribution in [0.5, 0.6) is 5.75 Å². The number of ether oxygens (including phenoxy) is 1. The number of hydrazine groups is 1. The number of fused-ring (bicyclic) bond motifs is 2. The number of carbonyl (C=O) groups excluding carboxylic acids is 3. The molecule has 0 saturated heterocycles. The molecule has 1 aliphatic heterocycles. The Labute approximate surface area is 195 Å². The van der Waals surface area contributed by atoms with Gasteiger partial charge in [-0.1, -0.05) is 50.1 Å². The van der Waals surface area contributed by atoms with E-state index in [9.17, 15) is 19.2 Å². The maximum Gasteiger partial charge on any atom is 0.290 e. The van der Waals surface area contributed by atoms with Crippen LogP contribution in [0.1, 0.15) is 36.7 Å². The van der Waals surface area contributed by atoms with Gasteiger partial charge >= 0.3 is 0 Å². The summed E-state index contributed by atoms with van der Waals surface area (Å²) < 4.78 is 6.66. The lowest BCUT2D eigenvalue weighted by atomic mass is 10.1. The van der Waals surface area contributed by atoms with Gasteiger partial charge in [0.05, 0.1) is 11.1 Å². The summed E-state index contributed by atoms with van der Waals surface area (Å²) >= 11 is 0. The Hall–Kier alpha value is -4.21. The van der Waals surface area contributed by atoms with E-state index in [-0.39, 0.29) is 30.3 Å². The summed E-state index contributed by atoms with van der Waals surface area (Å²) in [5.41, 5.74) is 4.92. The van der Waals surface area contributed by atoms with Crippen LogP contribution in [0.25, 0.3) is 10.8 Å². The number of unbranched alkanes of at least 4 members (excludes halogenated alkanes) is 2. The zero-order chi connectivity index (χ0) is 24.1. The van der Waals surface area contributed by atoms with Crippen LogP contribution in [0, 0.1) is 0 Å². The Morgan fingerprint density at radius 3 is 2.53 bits per heavy atom. The lowest BCUT2D eigenvalue weighted by Crippen LogP contribution is -2.50. The van der Waals surface area contributed by atoms with Crippen LogP contribution in [0.3, 0.4) is 0 Å². The van der Waals surface area contributed by atoms with Crippen molar-refractivity contribution in [3.05, 3.63) is 64.6 Å². The molecule has 0 atom stereocenters. The quantitative estimate of drug-likeness (QED) is 0.407. The average molecular weight is 463 g/mol. The minimum Gasteiger partial charge on any atom is -0.482 e. The Morgan fingerprint density at radius 2 is 1.74 bits per heavy atom. The summed E-state index contributed by atoms with van der Waals surface area (Å²) in [4.78, 5) is 51.8. The van der Waals surface area contributed by atoms with E-state index in [1.165, 1.54) is 9.58 Å². The maximum atomic E-state index is 12.9. The van der Waals surface area contributed by atoms with E-state index < -0.39 is 11.8 Å². The maximum absolute atomic E-state index is 12.9. The molecule has 34 heavy (non-hydrogen) atoms. The molecule has 3 amide bonds. The number of para-hydroxylation sites is 2. The van der Waals surface area contributed by atoms with Crippen LogP contribution in [0.15, 0.2) is 53.3 Å². The van der Waals surface area contributed by atoms with Crippen molar-refractivity contribution in [2.45, 2.75) is 32.7 Å². The first kappa shape index (κ1) is 23.0. The highest BCUT2D eigenvalue weighted by molar-refractivity contribution is 6.06. The van der Waals surface area contributed by atoms with Crippen molar-refractivity contribution in [1.82, 2.24) is 20.6 Å². The second kappa shape index (κ2) is 10.2. The van der Waals surface area contributed by atoms with Crippen LogP contribution in [-0.4, -0.2) is 40.7 Å². The van der Waals surface area contributed by atoms with Gasteiger partial charge in [0, 0.05) is 11.9 Å². The third-order valence-corrected chi connectivity index (χ3v) is 5.48. The first-order valence-electron chi connectivity index (χ1n) is 11.1. The van der Waals surface area contributed by atoms with Crippen LogP contribution in [-0.2, 0) is 16.1 Å². The molecule has 176 valence electrons. The molecule has 0 spiro atoms. The highest BCUT2D eigenvalue weighted by atomic mass is 16.5. The largest absolute Gasteiger partial charge is 0.482 e. The second-order valence-corrected chi connectivity index (χ2v) is 7.87. The standard InChI is InChI=1S/C24H25N5O5/c1-2-3-8-13-29-24(33)17-10-5-4-9-16(17)22(27-29)23(32)26-25-20(30)14-28-18-11-6-7-12-19(18)34-15-21(28)31/h4-7,9-12H,2-3,8,13-15H2,1H3,(H,25,30)(H,26,32). The molecule has 0 radical (unpaired) electrons. The van der Waals surface area contributed by atoms with Gasteiger partial charge in [0.25, 0.3) is 23.3 Å². The van der Waals surface area contributed by atoms with Gasteiger partial charge in [0.1, 0.15) is 12.3 Å². The number of rotatable bonds is 7. The molecule has 3 aromatic rings. The number of anilines is 1. The predicted octanol–water partition coefficient (Wildman–Crippen LogP) is 1.77. The number of carbonyl (C=O) groups is 3.